The lowest BCUT2D eigenvalue weighted by Gasteiger charge is -2.46. The Morgan fingerprint density at radius 1 is 1.00 bits per heavy atom. The minimum absolute atomic E-state index is 0.0432. The molecule has 2 rings (SSSR count). The summed E-state index contributed by atoms with van der Waals surface area (Å²) in [4.78, 5) is 12.4. The molecular weight excluding hydrogens is 292 g/mol. The molecule has 2 aliphatic rings. The highest BCUT2D eigenvalue weighted by atomic mass is 16.5. The van der Waals surface area contributed by atoms with Crippen LogP contribution in [0.4, 0.5) is 0 Å². The highest BCUT2D eigenvalue weighted by Gasteiger charge is 2.61. The monoisotopic (exact) mass is 326 g/mol. The van der Waals surface area contributed by atoms with Crippen molar-refractivity contribution in [3.63, 3.8) is 0 Å². The molecule has 134 valence electrons. The Morgan fingerprint density at radius 2 is 1.52 bits per heavy atom. The summed E-state index contributed by atoms with van der Waals surface area (Å²) in [6.45, 7) is 13.1. The van der Waals surface area contributed by atoms with Crippen molar-refractivity contribution in [3.05, 3.63) is 0 Å². The second kappa shape index (κ2) is 5.73. The molecule has 2 saturated carbocycles. The third kappa shape index (κ3) is 3.43. The molecule has 0 unspecified atom stereocenters. The van der Waals surface area contributed by atoms with Gasteiger partial charge < -0.3 is 14.9 Å². The van der Waals surface area contributed by atoms with E-state index in [1.54, 1.807) is 0 Å². The Kier molecular flexibility index (Phi) is 4.67. The lowest BCUT2D eigenvalue weighted by Crippen LogP contribution is -2.52. The topological polar surface area (TPSA) is 66.8 Å². The number of rotatable bonds is 5. The summed E-state index contributed by atoms with van der Waals surface area (Å²) in [6.07, 6.45) is 2.34. The first-order valence-electron chi connectivity index (χ1n) is 8.95. The van der Waals surface area contributed by atoms with Crippen molar-refractivity contribution in [2.75, 3.05) is 0 Å². The summed E-state index contributed by atoms with van der Waals surface area (Å²) in [5.41, 5.74) is -2.20. The van der Waals surface area contributed by atoms with E-state index >= 15 is 0 Å². The summed E-state index contributed by atoms with van der Waals surface area (Å²) in [5.74, 6) is 0.282. The zero-order valence-electron chi connectivity index (χ0n) is 15.7. The molecule has 2 N–H and O–H groups in total. The van der Waals surface area contributed by atoms with Crippen LogP contribution in [0.15, 0.2) is 0 Å². The lowest BCUT2D eigenvalue weighted by molar-refractivity contribution is -0.172. The van der Waals surface area contributed by atoms with E-state index in [-0.39, 0.29) is 29.8 Å². The van der Waals surface area contributed by atoms with Gasteiger partial charge >= 0.3 is 5.97 Å². The standard InChI is InChI=1S/C19H34O4/c1-8-17(2,3)16(20)23-13-10-11-9-12(13)15(19(6,7)22)14(11)18(4,5)21/h11-15,21-22H,8-10H2,1-7H3/t11-,12+,13-,14+,15-/m1/s1. The van der Waals surface area contributed by atoms with Gasteiger partial charge in [-0.2, -0.15) is 0 Å². The first-order valence-corrected chi connectivity index (χ1v) is 8.95. The van der Waals surface area contributed by atoms with Crippen molar-refractivity contribution in [3.8, 4) is 0 Å². The van der Waals surface area contributed by atoms with E-state index in [4.69, 9.17) is 4.74 Å². The maximum absolute atomic E-state index is 12.4. The van der Waals surface area contributed by atoms with E-state index in [0.29, 0.717) is 5.92 Å². The van der Waals surface area contributed by atoms with E-state index in [2.05, 4.69) is 0 Å². The van der Waals surface area contributed by atoms with E-state index in [1.165, 1.54) is 0 Å². The van der Waals surface area contributed by atoms with Crippen molar-refractivity contribution in [1.29, 1.82) is 0 Å². The number of carbonyl (C=O) groups is 1. The highest BCUT2D eigenvalue weighted by molar-refractivity contribution is 5.76. The van der Waals surface area contributed by atoms with Crippen molar-refractivity contribution in [2.45, 2.75) is 85.0 Å². The average molecular weight is 326 g/mol. The van der Waals surface area contributed by atoms with Gasteiger partial charge in [-0.15, -0.1) is 0 Å². The largest absolute Gasteiger partial charge is 0.462 e. The fourth-order valence-electron chi connectivity index (χ4n) is 4.86. The van der Waals surface area contributed by atoms with Gasteiger partial charge in [-0.05, 0) is 78.6 Å². The first-order chi connectivity index (χ1) is 10.3. The van der Waals surface area contributed by atoms with Gasteiger partial charge in [0.15, 0.2) is 0 Å². The molecule has 4 heteroatoms. The Labute approximate surface area is 140 Å². The zero-order valence-corrected chi connectivity index (χ0v) is 15.7. The van der Waals surface area contributed by atoms with Crippen LogP contribution in [0.25, 0.3) is 0 Å². The molecule has 5 atom stereocenters. The van der Waals surface area contributed by atoms with Gasteiger partial charge in [0.05, 0.1) is 16.6 Å². The maximum Gasteiger partial charge on any atom is 0.311 e. The normalized spacial score (nSPS) is 34.7. The van der Waals surface area contributed by atoms with Crippen LogP contribution in [0, 0.1) is 29.1 Å². The Morgan fingerprint density at radius 3 is 1.96 bits per heavy atom. The smallest absolute Gasteiger partial charge is 0.311 e. The number of hydrogen-bond acceptors (Lipinski definition) is 4. The molecule has 0 spiro atoms. The third-order valence-corrected chi connectivity index (χ3v) is 6.27. The second-order valence-corrected chi connectivity index (χ2v) is 9.44. The van der Waals surface area contributed by atoms with E-state index < -0.39 is 16.6 Å². The SMILES string of the molecule is CCC(C)(C)C(=O)O[C@@H]1C[C@H]2C[C@@H]1[C@@H](C(C)(C)O)[C@H]2C(C)(C)O. The van der Waals surface area contributed by atoms with Gasteiger partial charge in [0, 0.05) is 5.92 Å². The van der Waals surface area contributed by atoms with Crippen LogP contribution in [-0.2, 0) is 9.53 Å². The summed E-state index contributed by atoms with van der Waals surface area (Å²) >= 11 is 0. The van der Waals surface area contributed by atoms with E-state index in [0.717, 1.165) is 19.3 Å². The highest BCUT2D eigenvalue weighted by Crippen LogP contribution is 2.59. The first kappa shape index (κ1) is 18.7. The van der Waals surface area contributed by atoms with Crippen molar-refractivity contribution in [2.24, 2.45) is 29.1 Å². The van der Waals surface area contributed by atoms with Gasteiger partial charge in [-0.1, -0.05) is 6.92 Å². The number of esters is 1. The number of aliphatic hydroxyl groups is 2. The lowest BCUT2D eigenvalue weighted by atomic mass is 9.65. The van der Waals surface area contributed by atoms with Gasteiger partial charge in [0.25, 0.3) is 0 Å². The van der Waals surface area contributed by atoms with Crippen LogP contribution in [0.3, 0.4) is 0 Å². The Balaban J connectivity index is 2.20. The summed E-state index contributed by atoms with van der Waals surface area (Å²) in [6, 6.07) is 0. The maximum atomic E-state index is 12.4. The van der Waals surface area contributed by atoms with Crippen LogP contribution < -0.4 is 0 Å². The fraction of sp³-hybridized carbons (Fsp3) is 0.947. The zero-order chi connectivity index (χ0) is 17.8. The molecule has 2 fully saturated rings. The van der Waals surface area contributed by atoms with Crippen LogP contribution in [0.2, 0.25) is 0 Å². The average Bonchev–Trinajstić information content (AvgIpc) is 2.94. The summed E-state index contributed by atoms with van der Waals surface area (Å²) in [5, 5.41) is 21.3. The van der Waals surface area contributed by atoms with Gasteiger partial charge in [-0.25, -0.2) is 0 Å². The van der Waals surface area contributed by atoms with Gasteiger partial charge in [0.1, 0.15) is 6.10 Å². The summed E-state index contributed by atoms with van der Waals surface area (Å²) < 4.78 is 5.86. The van der Waals surface area contributed by atoms with Gasteiger partial charge in [-0.3, -0.25) is 4.79 Å². The van der Waals surface area contributed by atoms with Crippen molar-refractivity contribution < 1.29 is 19.7 Å². The van der Waals surface area contributed by atoms with E-state index in [9.17, 15) is 15.0 Å². The molecular formula is C19H34O4. The molecule has 0 radical (unpaired) electrons. The van der Waals surface area contributed by atoms with Crippen LogP contribution in [0.1, 0.15) is 67.7 Å². The number of ether oxygens (including phenoxy) is 1. The third-order valence-electron chi connectivity index (χ3n) is 6.27. The quantitative estimate of drug-likeness (QED) is 0.762. The minimum atomic E-state index is -0.893. The van der Waals surface area contributed by atoms with Crippen molar-refractivity contribution >= 4 is 5.97 Å². The molecule has 2 aliphatic carbocycles. The molecule has 0 aromatic carbocycles. The Bertz CT molecular complexity index is 455. The fourth-order valence-corrected chi connectivity index (χ4v) is 4.86. The number of fused-ring (bicyclic) bond motifs is 2. The Hall–Kier alpha value is -0.610. The molecule has 0 aromatic rings. The second-order valence-electron chi connectivity index (χ2n) is 9.44. The predicted octanol–water partition coefficient (Wildman–Crippen LogP) is 3.15. The molecule has 4 nitrogen and oxygen atoms in total. The van der Waals surface area contributed by atoms with Crippen LogP contribution in [0.5, 0.6) is 0 Å². The van der Waals surface area contributed by atoms with Crippen molar-refractivity contribution in [1.82, 2.24) is 0 Å². The predicted molar refractivity (Wildman–Crippen MR) is 89.7 cm³/mol. The number of carbonyl (C=O) groups excluding carboxylic acids is 1. The number of hydrogen-bond donors (Lipinski definition) is 2. The minimum Gasteiger partial charge on any atom is -0.462 e. The molecule has 0 saturated heterocycles. The summed E-state index contributed by atoms with van der Waals surface area (Å²) in [7, 11) is 0. The van der Waals surface area contributed by atoms with E-state index in [1.807, 2.05) is 48.5 Å². The molecule has 0 aromatic heterocycles. The van der Waals surface area contributed by atoms with Crippen LogP contribution >= 0.6 is 0 Å². The molecule has 2 bridgehead atoms. The molecule has 0 aliphatic heterocycles. The molecule has 23 heavy (non-hydrogen) atoms. The van der Waals surface area contributed by atoms with Gasteiger partial charge in [0.2, 0.25) is 0 Å². The molecule has 0 amide bonds. The van der Waals surface area contributed by atoms with Crippen LogP contribution in [-0.4, -0.2) is 33.5 Å². The molecule has 0 heterocycles.